The lowest BCUT2D eigenvalue weighted by Gasteiger charge is -1.96. The van der Waals surface area contributed by atoms with Crippen LogP contribution in [0, 0.1) is 6.92 Å². The van der Waals surface area contributed by atoms with E-state index in [1.807, 2.05) is 12.1 Å². The van der Waals surface area contributed by atoms with Crippen LogP contribution in [0.5, 0.6) is 0 Å². The zero-order valence-electron chi connectivity index (χ0n) is 10.6. The molecule has 3 aromatic rings. The van der Waals surface area contributed by atoms with Crippen LogP contribution >= 0.6 is 23.1 Å². The summed E-state index contributed by atoms with van der Waals surface area (Å²) in [7, 11) is 0. The Morgan fingerprint density at radius 3 is 3.10 bits per heavy atom. The fraction of sp³-hybridized carbons (Fsp3) is 0.273. The molecule has 0 aromatic carbocycles. The van der Waals surface area contributed by atoms with Crippen LogP contribution in [0.4, 0.5) is 5.13 Å². The third-order valence-electron chi connectivity index (χ3n) is 2.29. The molecular weight excluding hydrogens is 298 g/mol. The highest BCUT2D eigenvalue weighted by Crippen LogP contribution is 2.27. The maximum atomic E-state index is 5.23. The summed E-state index contributed by atoms with van der Waals surface area (Å²) in [6.07, 6.45) is 1.64. The number of thioether (sulfide) groups is 1. The molecule has 0 bridgehead atoms. The Bertz CT molecular complexity index is 664. The van der Waals surface area contributed by atoms with Gasteiger partial charge in [0.15, 0.2) is 10.2 Å². The van der Waals surface area contributed by atoms with E-state index >= 15 is 0 Å². The van der Waals surface area contributed by atoms with Crippen molar-refractivity contribution in [1.29, 1.82) is 0 Å². The van der Waals surface area contributed by atoms with E-state index in [0.717, 1.165) is 15.2 Å². The van der Waals surface area contributed by atoms with Gasteiger partial charge < -0.3 is 14.3 Å². The number of aromatic nitrogens is 4. The monoisotopic (exact) mass is 309 g/mol. The normalized spacial score (nSPS) is 10.8. The Hall–Kier alpha value is -1.87. The third kappa shape index (κ3) is 3.36. The van der Waals surface area contributed by atoms with Crippen LogP contribution in [0.1, 0.15) is 17.5 Å². The number of nitrogens with one attached hydrogen (secondary N) is 1. The Kier molecular flexibility index (Phi) is 3.97. The first kappa shape index (κ1) is 13.1. The molecule has 20 heavy (non-hydrogen) atoms. The van der Waals surface area contributed by atoms with Gasteiger partial charge in [0.05, 0.1) is 18.6 Å². The number of anilines is 1. The standard InChI is InChI=1S/C11H11N5O2S2/c1-7-13-9(16-18-7)6-19-11-15-14-10(20-11)12-5-8-3-2-4-17-8/h2-4H,5-6H2,1H3,(H,12,14). The van der Waals surface area contributed by atoms with Crippen LogP contribution < -0.4 is 5.32 Å². The Morgan fingerprint density at radius 2 is 2.35 bits per heavy atom. The second-order valence-electron chi connectivity index (χ2n) is 3.82. The largest absolute Gasteiger partial charge is 0.467 e. The molecule has 0 unspecified atom stereocenters. The minimum absolute atomic E-state index is 0.568. The van der Waals surface area contributed by atoms with E-state index in [1.165, 1.54) is 23.1 Å². The zero-order chi connectivity index (χ0) is 13.8. The molecule has 0 saturated carbocycles. The van der Waals surface area contributed by atoms with Gasteiger partial charge in [-0.25, -0.2) is 0 Å². The van der Waals surface area contributed by atoms with Gasteiger partial charge in [-0.2, -0.15) is 4.98 Å². The number of hydrogen-bond donors (Lipinski definition) is 1. The number of hydrogen-bond acceptors (Lipinski definition) is 9. The summed E-state index contributed by atoms with van der Waals surface area (Å²) in [6, 6.07) is 3.76. The SMILES string of the molecule is Cc1nc(CSc2nnc(NCc3ccco3)s2)no1. The number of furan rings is 1. The van der Waals surface area contributed by atoms with Crippen LogP contribution in [-0.4, -0.2) is 20.3 Å². The average molecular weight is 309 g/mol. The predicted octanol–water partition coefficient (Wildman–Crippen LogP) is 2.73. The smallest absolute Gasteiger partial charge is 0.223 e. The fourth-order valence-electron chi connectivity index (χ4n) is 1.44. The molecule has 0 fully saturated rings. The average Bonchev–Trinajstić information content (AvgIpc) is 3.16. The molecule has 0 aliphatic carbocycles. The third-order valence-corrected chi connectivity index (χ3v) is 4.31. The lowest BCUT2D eigenvalue weighted by molar-refractivity contribution is 0.389. The van der Waals surface area contributed by atoms with Gasteiger partial charge >= 0.3 is 0 Å². The molecule has 0 saturated heterocycles. The van der Waals surface area contributed by atoms with Gasteiger partial charge in [-0.15, -0.1) is 10.2 Å². The molecule has 7 nitrogen and oxygen atoms in total. The number of aryl methyl sites for hydroxylation is 1. The highest BCUT2D eigenvalue weighted by molar-refractivity contribution is 8.00. The summed E-state index contributed by atoms with van der Waals surface area (Å²) in [5, 5.41) is 15.9. The van der Waals surface area contributed by atoms with Crippen LogP contribution in [0.2, 0.25) is 0 Å². The van der Waals surface area contributed by atoms with Crippen molar-refractivity contribution < 1.29 is 8.94 Å². The minimum atomic E-state index is 0.568. The number of nitrogens with zero attached hydrogens (tertiary/aromatic N) is 4. The van der Waals surface area contributed by atoms with E-state index in [1.54, 1.807) is 13.2 Å². The Labute approximate surface area is 122 Å². The summed E-state index contributed by atoms with van der Waals surface area (Å²) >= 11 is 3.01. The molecule has 1 N–H and O–H groups in total. The first-order chi connectivity index (χ1) is 9.79. The van der Waals surface area contributed by atoms with Crippen molar-refractivity contribution in [1.82, 2.24) is 20.3 Å². The van der Waals surface area contributed by atoms with Gasteiger partial charge in [-0.1, -0.05) is 28.3 Å². The van der Waals surface area contributed by atoms with Gasteiger partial charge in [0.1, 0.15) is 5.76 Å². The molecule has 0 amide bonds. The van der Waals surface area contributed by atoms with E-state index in [-0.39, 0.29) is 0 Å². The van der Waals surface area contributed by atoms with Crippen LogP contribution in [-0.2, 0) is 12.3 Å². The summed E-state index contributed by atoms with van der Waals surface area (Å²) in [4.78, 5) is 4.13. The van der Waals surface area contributed by atoms with Crippen LogP contribution in [0.3, 0.4) is 0 Å². The first-order valence-corrected chi connectivity index (χ1v) is 7.61. The van der Waals surface area contributed by atoms with Crippen LogP contribution in [0.15, 0.2) is 31.7 Å². The number of rotatable bonds is 6. The van der Waals surface area contributed by atoms with E-state index in [9.17, 15) is 0 Å². The quantitative estimate of drug-likeness (QED) is 0.695. The molecule has 3 heterocycles. The molecule has 0 spiro atoms. The molecular formula is C11H11N5O2S2. The molecule has 9 heteroatoms. The fourth-order valence-corrected chi connectivity index (χ4v) is 3.03. The lowest BCUT2D eigenvalue weighted by atomic mass is 10.4. The second-order valence-corrected chi connectivity index (χ2v) is 6.02. The van der Waals surface area contributed by atoms with Gasteiger partial charge in [-0.05, 0) is 12.1 Å². The second kappa shape index (κ2) is 6.06. The molecule has 3 aromatic heterocycles. The van der Waals surface area contributed by atoms with Crippen molar-refractivity contribution in [3.8, 4) is 0 Å². The van der Waals surface area contributed by atoms with Crippen molar-refractivity contribution in [2.24, 2.45) is 0 Å². The Morgan fingerprint density at radius 1 is 1.40 bits per heavy atom. The molecule has 0 aliphatic rings. The molecule has 0 radical (unpaired) electrons. The van der Waals surface area contributed by atoms with Crippen molar-refractivity contribution in [2.75, 3.05) is 5.32 Å². The summed E-state index contributed by atoms with van der Waals surface area (Å²) in [5.41, 5.74) is 0. The van der Waals surface area contributed by atoms with Crippen LogP contribution in [0.25, 0.3) is 0 Å². The Balaban J connectivity index is 1.51. The van der Waals surface area contributed by atoms with E-state index in [2.05, 4.69) is 25.7 Å². The minimum Gasteiger partial charge on any atom is -0.467 e. The topological polar surface area (TPSA) is 89.9 Å². The highest BCUT2D eigenvalue weighted by Gasteiger charge is 2.08. The van der Waals surface area contributed by atoms with Gasteiger partial charge in [-0.3, -0.25) is 0 Å². The molecule has 3 rings (SSSR count). The van der Waals surface area contributed by atoms with Crippen molar-refractivity contribution in [2.45, 2.75) is 23.6 Å². The van der Waals surface area contributed by atoms with Crippen molar-refractivity contribution >= 4 is 28.2 Å². The van der Waals surface area contributed by atoms with E-state index < -0.39 is 0 Å². The lowest BCUT2D eigenvalue weighted by Crippen LogP contribution is -1.96. The van der Waals surface area contributed by atoms with Gasteiger partial charge in [0, 0.05) is 6.92 Å². The molecule has 104 valence electrons. The van der Waals surface area contributed by atoms with E-state index in [0.29, 0.717) is 24.0 Å². The summed E-state index contributed by atoms with van der Waals surface area (Å²) in [6.45, 7) is 2.36. The van der Waals surface area contributed by atoms with Crippen molar-refractivity contribution in [3.63, 3.8) is 0 Å². The summed E-state index contributed by atoms with van der Waals surface area (Å²) < 4.78 is 11.0. The first-order valence-electron chi connectivity index (χ1n) is 5.81. The summed E-state index contributed by atoms with van der Waals surface area (Å²) in [5.74, 6) is 2.70. The van der Waals surface area contributed by atoms with E-state index in [4.69, 9.17) is 8.94 Å². The maximum Gasteiger partial charge on any atom is 0.223 e. The molecule has 0 atom stereocenters. The zero-order valence-corrected chi connectivity index (χ0v) is 12.2. The predicted molar refractivity (Wildman–Crippen MR) is 74.5 cm³/mol. The van der Waals surface area contributed by atoms with Crippen molar-refractivity contribution in [3.05, 3.63) is 35.9 Å². The molecule has 0 aliphatic heterocycles. The van der Waals surface area contributed by atoms with Gasteiger partial charge in [0.2, 0.25) is 11.0 Å². The highest BCUT2D eigenvalue weighted by atomic mass is 32.2. The van der Waals surface area contributed by atoms with Gasteiger partial charge in [0.25, 0.3) is 0 Å². The maximum absolute atomic E-state index is 5.23.